The number of carbonyl (C=O) groups excluding carboxylic acids is 5. The van der Waals surface area contributed by atoms with Crippen LogP contribution in [0.25, 0.3) is 0 Å². The molecule has 0 radical (unpaired) electrons. The van der Waals surface area contributed by atoms with E-state index >= 15 is 0 Å². The van der Waals surface area contributed by atoms with Crippen molar-refractivity contribution in [3.05, 3.63) is 0 Å². The molecule has 0 spiro atoms. The van der Waals surface area contributed by atoms with Crippen LogP contribution in [0.3, 0.4) is 0 Å². The van der Waals surface area contributed by atoms with E-state index in [9.17, 15) is 146 Å². The van der Waals surface area contributed by atoms with Gasteiger partial charge in [0.25, 0.3) is 17.4 Å². The van der Waals surface area contributed by atoms with E-state index in [-0.39, 0.29) is 0 Å². The zero-order valence-electron chi connectivity index (χ0n) is 53.7. The molecule has 6 aliphatic rings. The minimum Gasteiger partial charge on any atom is -0.477 e. The van der Waals surface area contributed by atoms with Gasteiger partial charge < -0.3 is 185 Å². The van der Waals surface area contributed by atoms with Gasteiger partial charge in [0.2, 0.25) is 23.6 Å². The molecule has 0 aromatic rings. The standard InChI is InChI=1S/C55H88N4O41/c1-15(65)56-29-21(71)7-54(51(85)86,97-42(29)33(75)23(73)9-60)99-45-36(78)26(11-62)92-49(39(45)81)94-41-32(59-18(4)68)48(91-25(10-61)35(41)77)93-40-28(13-64)90-47(82)38(80)46(40)100-55(52(87)88)8-22(72)31(58-17(3)67)44(98-55)37(79)27(12-63)95-53(50(83)84)6-20(70)30(57-16(2)66)43(96-53)34(76)24(74)14-89-19(5)69/h20-49,60-64,70-82H,6-14H2,1-5H3,(H,56,65)(H,57,66)(H,58,67)(H,59,68)(H,83,84)(H,85,86)(H,87,88)/t20-,21-,22-,23+,24+,25+,26+,27+,28+,29+,30+,31+,32+,33+,34+,35-,36-,37+,38+,39+,40-,41+,42+,43+,44+,45-,46+,47+,48-,49-,53+,54-,55-/m0/s1. The van der Waals surface area contributed by atoms with E-state index < -0.39 is 307 Å². The molecule has 0 saturated carbocycles. The maximum Gasteiger partial charge on any atom is 0.364 e. The number of nitrogens with one attached hydrogen (secondary N) is 4. The van der Waals surface area contributed by atoms with Crippen LogP contribution in [0.4, 0.5) is 0 Å². The van der Waals surface area contributed by atoms with E-state index in [2.05, 4.69) is 21.3 Å². The van der Waals surface area contributed by atoms with Gasteiger partial charge in [0.15, 0.2) is 18.9 Å². The van der Waals surface area contributed by atoms with Gasteiger partial charge in [0.05, 0.1) is 69.5 Å². The van der Waals surface area contributed by atoms with Gasteiger partial charge in [-0.1, -0.05) is 0 Å². The lowest BCUT2D eigenvalue weighted by atomic mass is 9.87. The van der Waals surface area contributed by atoms with Crippen LogP contribution in [-0.4, -0.2) is 395 Å². The van der Waals surface area contributed by atoms with Crippen LogP contribution in [0.15, 0.2) is 0 Å². The molecule has 0 bridgehead atoms. The molecule has 574 valence electrons. The number of carbonyl (C=O) groups is 8. The summed E-state index contributed by atoms with van der Waals surface area (Å²) in [6.45, 7) is -3.14. The van der Waals surface area contributed by atoms with Crippen molar-refractivity contribution in [3.8, 4) is 0 Å². The van der Waals surface area contributed by atoms with Gasteiger partial charge in [0.1, 0.15) is 135 Å². The fourth-order valence-electron chi connectivity index (χ4n) is 12.4. The molecule has 4 amide bonds. The zero-order chi connectivity index (χ0) is 75.1. The summed E-state index contributed by atoms with van der Waals surface area (Å²) < 4.78 is 68.3. The minimum absolute atomic E-state index is 0.843. The summed E-state index contributed by atoms with van der Waals surface area (Å²) in [7, 11) is 0. The second-order valence-electron chi connectivity index (χ2n) is 24.6. The molecule has 0 aromatic carbocycles. The number of carboxylic acids is 3. The number of esters is 1. The summed E-state index contributed by atoms with van der Waals surface area (Å²) in [5.74, 6) is -22.0. The lowest BCUT2D eigenvalue weighted by Gasteiger charge is -2.52. The highest BCUT2D eigenvalue weighted by atomic mass is 16.8. The van der Waals surface area contributed by atoms with E-state index in [1.165, 1.54) is 0 Å². The van der Waals surface area contributed by atoms with Gasteiger partial charge in [-0.05, 0) is 0 Å². The average Bonchev–Trinajstić information content (AvgIpc) is 0.758. The van der Waals surface area contributed by atoms with Gasteiger partial charge in [-0.15, -0.1) is 0 Å². The highest BCUT2D eigenvalue weighted by Gasteiger charge is 2.65. The lowest BCUT2D eigenvalue weighted by Crippen LogP contribution is -2.72. The van der Waals surface area contributed by atoms with Gasteiger partial charge in [0, 0.05) is 53.9 Å². The number of ether oxygens (including phenoxy) is 12. The first-order valence-electron chi connectivity index (χ1n) is 30.9. The summed E-state index contributed by atoms with van der Waals surface area (Å²) in [5.41, 5.74) is 0. The molecule has 6 heterocycles. The number of carboxylic acid groups (broad SMARTS) is 3. The van der Waals surface area contributed by atoms with Gasteiger partial charge in [-0.3, -0.25) is 24.0 Å². The lowest BCUT2D eigenvalue weighted by molar-refractivity contribution is -0.395. The van der Waals surface area contributed by atoms with Crippen LogP contribution in [0, 0.1) is 0 Å². The molecular formula is C55H88N4O41. The Hall–Kier alpha value is -5.40. The Morgan fingerprint density at radius 1 is 0.440 bits per heavy atom. The Morgan fingerprint density at radius 3 is 1.25 bits per heavy atom. The van der Waals surface area contributed by atoms with Crippen LogP contribution in [0.1, 0.15) is 53.9 Å². The SMILES string of the molecule is CC(=O)N[C@H]1[C@H](O[C@@H]2[C@H](O[C@]3(C(=O)O)C[C@H](O)[C@@H](NC(C)=O)[C@H]([C@H](O)[C@@H](CO)O[C@]4(C(=O)O)C[C@H](O)[C@@H](NC(C)=O)[C@H]([C@H](O)[C@H](O)COC(C)=O)O4)O3)[C@@H](O)[C@H](O)O[C@@H]2CO)O[C@H](CO)[C@H](O)[C@@H]1O[C@@H]1O[C@H](CO)[C@H](O)[C@H](O[C@]2(C(=O)O)C[C@H](O)[C@@H](NC(C)=O)[C@H]([C@H](O)[C@H](O)CO)O2)[C@H]1O. The van der Waals surface area contributed by atoms with Crippen molar-refractivity contribution in [1.82, 2.24) is 21.3 Å². The van der Waals surface area contributed by atoms with E-state index in [1.54, 1.807) is 0 Å². The first-order chi connectivity index (χ1) is 46.7. The van der Waals surface area contributed by atoms with Gasteiger partial charge >= 0.3 is 23.9 Å². The van der Waals surface area contributed by atoms with Crippen molar-refractivity contribution in [2.75, 3.05) is 39.6 Å². The summed E-state index contributed by atoms with van der Waals surface area (Å²) in [4.78, 5) is 102. The van der Waals surface area contributed by atoms with E-state index in [4.69, 9.17) is 56.8 Å². The summed E-state index contributed by atoms with van der Waals surface area (Å²) in [6.07, 6.45) is -64.9. The van der Waals surface area contributed by atoms with Crippen molar-refractivity contribution < 1.29 is 202 Å². The zero-order valence-corrected chi connectivity index (χ0v) is 53.7. The molecule has 6 fully saturated rings. The maximum absolute atomic E-state index is 13.8. The number of aliphatic hydroxyl groups is 18. The third kappa shape index (κ3) is 18.6. The number of hydrogen-bond donors (Lipinski definition) is 25. The van der Waals surface area contributed by atoms with E-state index in [0.717, 1.165) is 34.6 Å². The van der Waals surface area contributed by atoms with Crippen molar-refractivity contribution in [2.45, 2.75) is 255 Å². The summed E-state index contributed by atoms with van der Waals surface area (Å²) in [5, 5.41) is 242. The van der Waals surface area contributed by atoms with Crippen molar-refractivity contribution in [2.24, 2.45) is 0 Å². The predicted molar refractivity (Wildman–Crippen MR) is 307 cm³/mol. The molecule has 6 rings (SSSR count). The maximum atomic E-state index is 13.8. The molecule has 25 N–H and O–H groups in total. The van der Waals surface area contributed by atoms with E-state index in [0.29, 0.717) is 0 Å². The number of aliphatic hydroxyl groups excluding tert-OH is 18. The second-order valence-corrected chi connectivity index (χ2v) is 24.6. The van der Waals surface area contributed by atoms with Crippen molar-refractivity contribution in [1.29, 1.82) is 0 Å². The quantitative estimate of drug-likeness (QED) is 0.0297. The predicted octanol–water partition coefficient (Wildman–Crippen LogP) is -15.3. The van der Waals surface area contributed by atoms with E-state index in [1.807, 2.05) is 0 Å². The van der Waals surface area contributed by atoms with Crippen molar-refractivity contribution >= 4 is 47.5 Å². The Kier molecular flexibility index (Phi) is 29.2. The molecule has 0 aromatic heterocycles. The number of amides is 4. The average molecular weight is 1460 g/mol. The molecule has 0 unspecified atom stereocenters. The molecule has 33 atom stereocenters. The highest BCUT2D eigenvalue weighted by molar-refractivity contribution is 5.78. The Balaban J connectivity index is 1.37. The van der Waals surface area contributed by atoms with Crippen LogP contribution in [0.2, 0.25) is 0 Å². The molecule has 100 heavy (non-hydrogen) atoms. The number of aliphatic carboxylic acids is 3. The summed E-state index contributed by atoms with van der Waals surface area (Å²) in [6, 6.07) is -7.78. The minimum atomic E-state index is -3.61. The first-order valence-corrected chi connectivity index (χ1v) is 30.9. The Morgan fingerprint density at radius 2 is 0.830 bits per heavy atom. The van der Waals surface area contributed by atoms with Crippen LogP contribution >= 0.6 is 0 Å². The molecule has 0 aliphatic carbocycles. The molecular weight excluding hydrogens is 1370 g/mol. The second kappa shape index (κ2) is 34.9. The normalized spacial score (nSPS) is 41.1. The Labute approximate surface area is 564 Å². The third-order valence-corrected chi connectivity index (χ3v) is 17.2. The van der Waals surface area contributed by atoms with Crippen molar-refractivity contribution in [3.63, 3.8) is 0 Å². The topological polar surface area (TPSA) is 720 Å². The van der Waals surface area contributed by atoms with Crippen LogP contribution in [-0.2, 0) is 95.2 Å². The number of hydrogen-bond acceptors (Lipinski definition) is 38. The van der Waals surface area contributed by atoms with Gasteiger partial charge in [-0.25, -0.2) is 14.4 Å². The fraction of sp³-hybridized carbons (Fsp3) is 0.855. The molecule has 45 heteroatoms. The highest BCUT2D eigenvalue weighted by Crippen LogP contribution is 2.43. The van der Waals surface area contributed by atoms with Crippen LogP contribution < -0.4 is 21.3 Å². The molecule has 6 aliphatic heterocycles. The number of rotatable bonds is 30. The first kappa shape index (κ1) is 83.5. The molecule has 6 saturated heterocycles. The largest absolute Gasteiger partial charge is 0.477 e. The third-order valence-electron chi connectivity index (χ3n) is 17.2. The smallest absolute Gasteiger partial charge is 0.364 e. The van der Waals surface area contributed by atoms with Crippen LogP contribution in [0.5, 0.6) is 0 Å². The fourth-order valence-corrected chi connectivity index (χ4v) is 12.4. The van der Waals surface area contributed by atoms with Gasteiger partial charge in [-0.2, -0.15) is 0 Å². The summed E-state index contributed by atoms with van der Waals surface area (Å²) >= 11 is 0. The monoisotopic (exact) mass is 1460 g/mol. The molecule has 45 nitrogen and oxygen atoms in total. The Bertz CT molecular complexity index is 2800.